The molecular weight excluding hydrogens is 498 g/mol. The highest BCUT2D eigenvalue weighted by atomic mass is 35.5. The van der Waals surface area contributed by atoms with Crippen LogP contribution in [0.15, 0.2) is 44.6 Å². The third kappa shape index (κ3) is 3.91. The Morgan fingerprint density at radius 2 is 2.16 bits per heavy atom. The SMILES string of the molecule is [2H]C([2H])([2H])n1c(=O)c2cc(C)cc(C(C)Nc3ccc(Cl)nc3-c3noc(=O)[nH]3)c2c2cnn([C@H]3CCOC3)c21. The molecule has 11 nitrogen and oxygen atoms in total. The van der Waals surface area contributed by atoms with E-state index in [0.29, 0.717) is 36.1 Å². The third-order valence-electron chi connectivity index (χ3n) is 6.61. The molecule has 1 fully saturated rings. The molecule has 37 heavy (non-hydrogen) atoms. The Hall–Kier alpha value is -3.96. The zero-order valence-electron chi connectivity index (χ0n) is 22.9. The summed E-state index contributed by atoms with van der Waals surface area (Å²) in [5.74, 6) is -0.641. The molecule has 4 aromatic heterocycles. The average molecular weight is 525 g/mol. The van der Waals surface area contributed by atoms with Gasteiger partial charge in [0.1, 0.15) is 16.5 Å². The first-order valence-corrected chi connectivity index (χ1v) is 12.0. The number of nitrogens with zero attached hydrogens (tertiary/aromatic N) is 5. The highest BCUT2D eigenvalue weighted by molar-refractivity contribution is 6.29. The molecule has 0 saturated carbocycles. The van der Waals surface area contributed by atoms with Crippen LogP contribution in [0.1, 0.15) is 40.7 Å². The predicted molar refractivity (Wildman–Crippen MR) is 139 cm³/mol. The van der Waals surface area contributed by atoms with E-state index in [9.17, 15) is 9.59 Å². The monoisotopic (exact) mass is 524 g/mol. The van der Waals surface area contributed by atoms with Crippen molar-refractivity contribution in [2.75, 3.05) is 18.5 Å². The van der Waals surface area contributed by atoms with Crippen LogP contribution in [0.4, 0.5) is 5.69 Å². The molecular formula is C25H24ClN7O4. The van der Waals surface area contributed by atoms with Crippen molar-refractivity contribution < 1.29 is 13.4 Å². The lowest BCUT2D eigenvalue weighted by Crippen LogP contribution is -2.22. The Kier molecular flexibility index (Phi) is 4.82. The number of anilines is 1. The van der Waals surface area contributed by atoms with Crippen molar-refractivity contribution in [3.05, 3.63) is 67.6 Å². The second kappa shape index (κ2) is 8.86. The van der Waals surface area contributed by atoms with Gasteiger partial charge in [0.2, 0.25) is 5.82 Å². The number of halogens is 1. The van der Waals surface area contributed by atoms with Crippen LogP contribution < -0.4 is 16.6 Å². The lowest BCUT2D eigenvalue weighted by molar-refractivity contribution is 0.185. The van der Waals surface area contributed by atoms with E-state index in [2.05, 4.69) is 30.1 Å². The molecule has 12 heteroatoms. The smallest absolute Gasteiger partial charge is 0.379 e. The van der Waals surface area contributed by atoms with Crippen molar-refractivity contribution in [3.63, 3.8) is 0 Å². The quantitative estimate of drug-likeness (QED) is 0.332. The summed E-state index contributed by atoms with van der Waals surface area (Å²) in [4.78, 5) is 32.2. The van der Waals surface area contributed by atoms with Gasteiger partial charge in [0.05, 0.1) is 24.5 Å². The Morgan fingerprint density at radius 1 is 1.30 bits per heavy atom. The van der Waals surface area contributed by atoms with Gasteiger partial charge >= 0.3 is 5.76 Å². The van der Waals surface area contributed by atoms with Crippen molar-refractivity contribution in [2.24, 2.45) is 6.98 Å². The molecule has 1 aliphatic heterocycles. The topological polar surface area (TPSA) is 133 Å². The van der Waals surface area contributed by atoms with Gasteiger partial charge in [-0.3, -0.25) is 18.9 Å². The van der Waals surface area contributed by atoms with Gasteiger partial charge in [0.15, 0.2) is 0 Å². The van der Waals surface area contributed by atoms with E-state index in [1.807, 2.05) is 19.9 Å². The number of benzene rings is 1. The van der Waals surface area contributed by atoms with Gasteiger partial charge in [-0.15, -0.1) is 0 Å². The lowest BCUT2D eigenvalue weighted by atomic mass is 9.95. The predicted octanol–water partition coefficient (Wildman–Crippen LogP) is 3.72. The van der Waals surface area contributed by atoms with E-state index in [4.69, 9.17) is 20.5 Å². The number of nitrogens with one attached hydrogen (secondary N) is 2. The number of aryl methyl sites for hydroxylation is 2. The zero-order valence-corrected chi connectivity index (χ0v) is 20.7. The summed E-state index contributed by atoms with van der Waals surface area (Å²) in [6.07, 6.45) is 2.26. The van der Waals surface area contributed by atoms with E-state index in [1.54, 1.807) is 29.1 Å². The average Bonchev–Trinajstić information content (AvgIpc) is 3.65. The van der Waals surface area contributed by atoms with Crippen LogP contribution in [0.2, 0.25) is 5.15 Å². The van der Waals surface area contributed by atoms with Gasteiger partial charge in [-0.25, -0.2) is 14.5 Å². The van der Waals surface area contributed by atoms with Crippen molar-refractivity contribution in [1.29, 1.82) is 0 Å². The summed E-state index contributed by atoms with van der Waals surface area (Å²) in [5.41, 5.74) is 1.88. The number of pyridine rings is 2. The Labute approximate surface area is 219 Å². The summed E-state index contributed by atoms with van der Waals surface area (Å²) in [6, 6.07) is 6.30. The van der Waals surface area contributed by atoms with Gasteiger partial charge in [0, 0.05) is 39.9 Å². The van der Waals surface area contributed by atoms with Crippen LogP contribution in [0.5, 0.6) is 0 Å². The Morgan fingerprint density at radius 3 is 2.89 bits per heavy atom. The molecule has 0 amide bonds. The summed E-state index contributed by atoms with van der Waals surface area (Å²) < 4.78 is 37.2. The van der Waals surface area contributed by atoms with Crippen LogP contribution in [0.3, 0.4) is 0 Å². The van der Waals surface area contributed by atoms with E-state index in [0.717, 1.165) is 15.7 Å². The van der Waals surface area contributed by atoms with Crippen molar-refractivity contribution in [2.45, 2.75) is 32.4 Å². The second-order valence-electron chi connectivity index (χ2n) is 9.10. The molecule has 6 rings (SSSR count). The molecule has 0 aliphatic carbocycles. The first-order valence-electron chi connectivity index (χ1n) is 13.2. The van der Waals surface area contributed by atoms with Gasteiger partial charge in [-0.1, -0.05) is 22.8 Å². The maximum atomic E-state index is 13.9. The molecule has 1 saturated heterocycles. The molecule has 0 bridgehead atoms. The van der Waals surface area contributed by atoms with Crippen molar-refractivity contribution in [1.82, 2.24) is 29.5 Å². The van der Waals surface area contributed by atoms with E-state index in [1.165, 1.54) is 0 Å². The van der Waals surface area contributed by atoms with Crippen LogP contribution in [0.25, 0.3) is 33.3 Å². The minimum absolute atomic E-state index is 0.0966. The summed E-state index contributed by atoms with van der Waals surface area (Å²) in [6.45, 7) is 1.91. The van der Waals surface area contributed by atoms with Gasteiger partial charge in [-0.2, -0.15) is 5.10 Å². The number of fused-ring (bicyclic) bond motifs is 3. The standard InChI is InChI=1S/C25H24ClN7O4/c1-12-8-15(13(2)28-18-4-5-19(26)29-21(18)22-30-25(35)37-31-22)20-16(9-12)24(34)32(3)23-17(20)10-27-33(23)14-6-7-36-11-14/h4-5,8-10,13-14,28H,6-7,11H2,1-3H3,(H,30,31,35)/t13?,14-/m0/s1/i3D3. The normalized spacial score (nSPS) is 18.1. The summed E-state index contributed by atoms with van der Waals surface area (Å²) in [5, 5.41) is 13.2. The molecule has 0 radical (unpaired) electrons. The number of rotatable bonds is 5. The minimum Gasteiger partial charge on any atom is -0.379 e. The van der Waals surface area contributed by atoms with Crippen molar-refractivity contribution in [3.8, 4) is 11.5 Å². The third-order valence-corrected chi connectivity index (χ3v) is 6.82. The molecule has 2 N–H and O–H groups in total. The fourth-order valence-electron chi connectivity index (χ4n) is 4.95. The second-order valence-corrected chi connectivity index (χ2v) is 9.49. The number of H-pyrrole nitrogens is 1. The number of ether oxygens (including phenoxy) is 1. The number of aromatic nitrogens is 6. The maximum Gasteiger partial charge on any atom is 0.439 e. The van der Waals surface area contributed by atoms with Gasteiger partial charge < -0.3 is 10.1 Å². The van der Waals surface area contributed by atoms with E-state index < -0.39 is 24.3 Å². The summed E-state index contributed by atoms with van der Waals surface area (Å²) in [7, 11) is 0. The number of hydrogen-bond acceptors (Lipinski definition) is 8. The minimum atomic E-state index is -2.73. The van der Waals surface area contributed by atoms with Crippen LogP contribution in [0, 0.1) is 6.92 Å². The van der Waals surface area contributed by atoms with Crippen molar-refractivity contribution >= 4 is 39.1 Å². The molecule has 5 heterocycles. The number of hydrogen-bond donors (Lipinski definition) is 2. The molecule has 1 aromatic carbocycles. The van der Waals surface area contributed by atoms with Gasteiger partial charge in [0.25, 0.3) is 5.56 Å². The summed E-state index contributed by atoms with van der Waals surface area (Å²) >= 11 is 6.13. The lowest BCUT2D eigenvalue weighted by Gasteiger charge is -2.21. The van der Waals surface area contributed by atoms with Crippen LogP contribution in [-0.2, 0) is 11.7 Å². The molecule has 1 aliphatic rings. The first-order chi connectivity index (χ1) is 19.0. The molecule has 190 valence electrons. The molecule has 1 unspecified atom stereocenters. The van der Waals surface area contributed by atoms with E-state index >= 15 is 0 Å². The first kappa shape index (κ1) is 20.1. The largest absolute Gasteiger partial charge is 0.439 e. The highest BCUT2D eigenvalue weighted by Gasteiger charge is 2.25. The molecule has 0 spiro atoms. The highest BCUT2D eigenvalue weighted by Crippen LogP contribution is 2.35. The molecule has 2 atom stereocenters. The fourth-order valence-corrected chi connectivity index (χ4v) is 5.10. The fraction of sp³-hybridized carbons (Fsp3) is 0.320. The van der Waals surface area contributed by atoms with Crippen LogP contribution in [-0.4, -0.2) is 42.7 Å². The Balaban J connectivity index is 1.57. The Bertz CT molecular complexity index is 1890. The van der Waals surface area contributed by atoms with Gasteiger partial charge in [-0.05, 0) is 49.6 Å². The van der Waals surface area contributed by atoms with E-state index in [-0.39, 0.29) is 33.7 Å². The number of aromatic amines is 1. The molecule has 5 aromatic rings. The maximum absolute atomic E-state index is 13.9. The zero-order chi connectivity index (χ0) is 28.3. The van der Waals surface area contributed by atoms with Crippen LogP contribution >= 0.6 is 11.6 Å².